The number of amides is 2. The number of piperazine rings is 1. The average molecular weight is 432 g/mol. The van der Waals surface area contributed by atoms with Crippen LogP contribution < -0.4 is 10.1 Å². The van der Waals surface area contributed by atoms with Crippen LogP contribution in [-0.2, 0) is 26.0 Å². The third-order valence-corrected chi connectivity index (χ3v) is 6.85. The Hall–Kier alpha value is -2.91. The molecule has 9 heteroatoms. The van der Waals surface area contributed by atoms with E-state index in [9.17, 15) is 18.0 Å². The number of carbonyl (C=O) groups is 2. The van der Waals surface area contributed by atoms with E-state index in [2.05, 4.69) is 5.32 Å². The number of benzene rings is 2. The normalized spacial score (nSPS) is 14.9. The smallest absolute Gasteiger partial charge is 0.243 e. The van der Waals surface area contributed by atoms with Crippen LogP contribution in [0.5, 0.6) is 5.75 Å². The van der Waals surface area contributed by atoms with E-state index < -0.39 is 10.0 Å². The molecule has 1 heterocycles. The Bertz CT molecular complexity index is 969. The first kappa shape index (κ1) is 21.8. The summed E-state index contributed by atoms with van der Waals surface area (Å²) < 4.78 is 32.0. The fourth-order valence-corrected chi connectivity index (χ4v) is 4.63. The third kappa shape index (κ3) is 5.37. The fraction of sp³-hybridized carbons (Fsp3) is 0.333. The first-order valence-corrected chi connectivity index (χ1v) is 11.1. The van der Waals surface area contributed by atoms with Crippen molar-refractivity contribution in [2.75, 3.05) is 39.8 Å². The minimum Gasteiger partial charge on any atom is -0.497 e. The third-order valence-electron chi connectivity index (χ3n) is 4.93. The summed E-state index contributed by atoms with van der Waals surface area (Å²) in [6.45, 7) is 0.874. The van der Waals surface area contributed by atoms with Crippen LogP contribution in [0.3, 0.4) is 0 Å². The van der Waals surface area contributed by atoms with Gasteiger partial charge in [-0.15, -0.1) is 0 Å². The number of carbonyl (C=O) groups excluding carboxylic acids is 2. The standard InChI is InChI=1S/C21H25N3O5S/c1-29-18-7-9-19(10-8-18)30(27,28)24-13-11-23(12-14-24)21(26)16-22-20(25)15-17-5-3-2-4-6-17/h2-10H,11-16H2,1H3,(H,22,25). The molecule has 1 aliphatic rings. The van der Waals surface area contributed by atoms with Crippen molar-refractivity contribution in [3.05, 3.63) is 60.2 Å². The van der Waals surface area contributed by atoms with Crippen LogP contribution in [0.15, 0.2) is 59.5 Å². The largest absolute Gasteiger partial charge is 0.497 e. The molecule has 3 rings (SSSR count). The number of ether oxygens (including phenoxy) is 1. The van der Waals surface area contributed by atoms with Crippen molar-refractivity contribution < 1.29 is 22.7 Å². The van der Waals surface area contributed by atoms with Gasteiger partial charge in [0.05, 0.1) is 25.0 Å². The summed E-state index contributed by atoms with van der Waals surface area (Å²) in [5.74, 6) is 0.131. The van der Waals surface area contributed by atoms with Crippen LogP contribution >= 0.6 is 0 Å². The Balaban J connectivity index is 1.48. The summed E-state index contributed by atoms with van der Waals surface area (Å²) in [6, 6.07) is 15.5. The molecular formula is C21H25N3O5S. The van der Waals surface area contributed by atoms with Crippen LogP contribution in [0, 0.1) is 0 Å². The maximum atomic E-state index is 12.8. The zero-order chi connectivity index (χ0) is 21.6. The van der Waals surface area contributed by atoms with Crippen molar-refractivity contribution in [1.82, 2.24) is 14.5 Å². The second-order valence-corrected chi connectivity index (χ2v) is 8.84. The molecular weight excluding hydrogens is 406 g/mol. The molecule has 1 saturated heterocycles. The lowest BCUT2D eigenvalue weighted by molar-refractivity contribution is -0.133. The molecule has 0 spiro atoms. The van der Waals surface area contributed by atoms with E-state index >= 15 is 0 Å². The van der Waals surface area contributed by atoms with Gasteiger partial charge in [0, 0.05) is 26.2 Å². The minimum absolute atomic E-state index is 0.100. The Labute approximate surface area is 176 Å². The quantitative estimate of drug-likeness (QED) is 0.702. The van der Waals surface area contributed by atoms with Crippen molar-refractivity contribution in [3.63, 3.8) is 0 Å². The first-order valence-electron chi connectivity index (χ1n) is 9.63. The number of hydrogen-bond donors (Lipinski definition) is 1. The second kappa shape index (κ2) is 9.73. The molecule has 1 N–H and O–H groups in total. The summed E-state index contributed by atoms with van der Waals surface area (Å²) in [6.07, 6.45) is 0.210. The first-order chi connectivity index (χ1) is 14.4. The zero-order valence-electron chi connectivity index (χ0n) is 16.8. The summed E-state index contributed by atoms with van der Waals surface area (Å²) >= 11 is 0. The highest BCUT2D eigenvalue weighted by molar-refractivity contribution is 7.89. The van der Waals surface area contributed by atoms with Gasteiger partial charge in [-0.2, -0.15) is 4.31 Å². The number of hydrogen-bond acceptors (Lipinski definition) is 5. The predicted molar refractivity (Wildman–Crippen MR) is 111 cm³/mol. The van der Waals surface area contributed by atoms with Gasteiger partial charge in [-0.05, 0) is 29.8 Å². The summed E-state index contributed by atoms with van der Waals surface area (Å²) in [7, 11) is -2.11. The maximum absolute atomic E-state index is 12.8. The van der Waals surface area contributed by atoms with Gasteiger partial charge in [-0.25, -0.2) is 8.42 Å². The lowest BCUT2D eigenvalue weighted by Crippen LogP contribution is -2.52. The molecule has 0 radical (unpaired) electrons. The molecule has 0 aromatic heterocycles. The van der Waals surface area contributed by atoms with E-state index in [1.807, 2.05) is 30.3 Å². The number of sulfonamides is 1. The van der Waals surface area contributed by atoms with Crippen molar-refractivity contribution >= 4 is 21.8 Å². The molecule has 8 nitrogen and oxygen atoms in total. The number of rotatable bonds is 7. The highest BCUT2D eigenvalue weighted by Crippen LogP contribution is 2.20. The minimum atomic E-state index is -3.63. The van der Waals surface area contributed by atoms with Gasteiger partial charge in [0.25, 0.3) is 0 Å². The molecule has 160 valence electrons. The molecule has 0 saturated carbocycles. The number of nitrogens with one attached hydrogen (secondary N) is 1. The van der Waals surface area contributed by atoms with Crippen LogP contribution in [0.2, 0.25) is 0 Å². The van der Waals surface area contributed by atoms with Crippen LogP contribution in [-0.4, -0.2) is 69.3 Å². The van der Waals surface area contributed by atoms with E-state index in [1.54, 1.807) is 17.0 Å². The Morgan fingerprint density at radius 3 is 2.20 bits per heavy atom. The molecule has 30 heavy (non-hydrogen) atoms. The van der Waals surface area contributed by atoms with Crippen molar-refractivity contribution in [2.45, 2.75) is 11.3 Å². The Morgan fingerprint density at radius 2 is 1.60 bits per heavy atom. The Morgan fingerprint density at radius 1 is 0.967 bits per heavy atom. The lowest BCUT2D eigenvalue weighted by atomic mass is 10.1. The van der Waals surface area contributed by atoms with E-state index in [-0.39, 0.29) is 55.9 Å². The van der Waals surface area contributed by atoms with Gasteiger partial charge in [-0.1, -0.05) is 30.3 Å². The summed E-state index contributed by atoms with van der Waals surface area (Å²) in [5, 5.41) is 2.63. The topological polar surface area (TPSA) is 96.0 Å². The molecule has 1 aliphatic heterocycles. The fourth-order valence-electron chi connectivity index (χ4n) is 3.20. The van der Waals surface area contributed by atoms with Crippen LogP contribution in [0.4, 0.5) is 0 Å². The molecule has 2 aromatic carbocycles. The highest BCUT2D eigenvalue weighted by atomic mass is 32.2. The highest BCUT2D eigenvalue weighted by Gasteiger charge is 2.30. The van der Waals surface area contributed by atoms with Gasteiger partial charge in [0.1, 0.15) is 5.75 Å². The molecule has 2 amide bonds. The van der Waals surface area contributed by atoms with Gasteiger partial charge >= 0.3 is 0 Å². The molecule has 1 fully saturated rings. The maximum Gasteiger partial charge on any atom is 0.243 e. The van der Waals surface area contributed by atoms with Gasteiger partial charge in [-0.3, -0.25) is 9.59 Å². The number of methoxy groups -OCH3 is 1. The van der Waals surface area contributed by atoms with Crippen LogP contribution in [0.1, 0.15) is 5.56 Å². The Kier molecular flexibility index (Phi) is 7.07. The lowest BCUT2D eigenvalue weighted by Gasteiger charge is -2.34. The summed E-state index contributed by atoms with van der Waals surface area (Å²) in [5.41, 5.74) is 0.875. The van der Waals surface area contributed by atoms with E-state index in [4.69, 9.17) is 4.74 Å². The molecule has 0 unspecified atom stereocenters. The van der Waals surface area contributed by atoms with E-state index in [1.165, 1.54) is 23.5 Å². The van der Waals surface area contributed by atoms with E-state index in [0.29, 0.717) is 5.75 Å². The molecule has 0 aliphatic carbocycles. The predicted octanol–water partition coefficient (Wildman–Crippen LogP) is 0.887. The molecule has 2 aromatic rings. The van der Waals surface area contributed by atoms with Crippen molar-refractivity contribution in [1.29, 1.82) is 0 Å². The van der Waals surface area contributed by atoms with Gasteiger partial charge in [0.15, 0.2) is 0 Å². The molecule has 0 bridgehead atoms. The van der Waals surface area contributed by atoms with Crippen molar-refractivity contribution in [3.8, 4) is 5.75 Å². The van der Waals surface area contributed by atoms with E-state index in [0.717, 1.165) is 5.56 Å². The van der Waals surface area contributed by atoms with Gasteiger partial charge < -0.3 is 15.0 Å². The molecule has 0 atom stereocenters. The monoisotopic (exact) mass is 431 g/mol. The SMILES string of the molecule is COc1ccc(S(=O)(=O)N2CCN(C(=O)CNC(=O)Cc3ccccc3)CC2)cc1. The second-order valence-electron chi connectivity index (χ2n) is 6.90. The summed E-state index contributed by atoms with van der Waals surface area (Å²) in [4.78, 5) is 26.2. The number of nitrogens with zero attached hydrogens (tertiary/aromatic N) is 2. The van der Waals surface area contributed by atoms with Crippen molar-refractivity contribution in [2.24, 2.45) is 0 Å². The zero-order valence-corrected chi connectivity index (χ0v) is 17.6. The van der Waals surface area contributed by atoms with Crippen LogP contribution in [0.25, 0.3) is 0 Å². The average Bonchev–Trinajstić information content (AvgIpc) is 2.78. The van der Waals surface area contributed by atoms with Gasteiger partial charge in [0.2, 0.25) is 21.8 Å².